The van der Waals surface area contributed by atoms with E-state index in [1.54, 1.807) is 30.3 Å². The number of hydrogen-bond donors (Lipinski definition) is 1. The Bertz CT molecular complexity index is 1360. The minimum absolute atomic E-state index is 0.0726. The van der Waals surface area contributed by atoms with Gasteiger partial charge in [0, 0.05) is 3.57 Å². The van der Waals surface area contributed by atoms with Gasteiger partial charge >= 0.3 is 6.03 Å². The molecule has 3 aromatic rings. The highest BCUT2D eigenvalue weighted by Crippen LogP contribution is 2.30. The largest absolute Gasteiger partial charge is 0.488 e. The summed E-state index contributed by atoms with van der Waals surface area (Å²) >= 11 is 5.75. The maximum atomic E-state index is 13.2. The lowest BCUT2D eigenvalue weighted by atomic mass is 9.87. The molecule has 0 unspecified atom stereocenters. The highest BCUT2D eigenvalue weighted by molar-refractivity contribution is 14.1. The molecule has 0 bridgehead atoms. The Labute approximate surface area is 232 Å². The molecule has 0 aromatic heterocycles. The Kier molecular flexibility index (Phi) is 7.65. The zero-order chi connectivity index (χ0) is 26.0. The van der Waals surface area contributed by atoms with Crippen molar-refractivity contribution in [3.05, 3.63) is 97.0 Å². The maximum absolute atomic E-state index is 13.2. The summed E-state index contributed by atoms with van der Waals surface area (Å²) in [7, 11) is 0. The number of nitrogens with zero attached hydrogens (tertiary/aromatic N) is 1. The molecule has 4 amide bonds. The number of halogens is 2. The van der Waals surface area contributed by atoms with Gasteiger partial charge in [0.25, 0.3) is 11.8 Å². The molecule has 0 saturated carbocycles. The molecule has 0 atom stereocenters. The number of amides is 4. The summed E-state index contributed by atoms with van der Waals surface area (Å²) in [6.07, 6.45) is 1.47. The molecule has 1 saturated heterocycles. The van der Waals surface area contributed by atoms with E-state index in [2.05, 4.69) is 64.6 Å². The van der Waals surface area contributed by atoms with E-state index >= 15 is 0 Å². The SMILES string of the molecule is CC(C)(C)c1ccc(N2C(=O)NC(=O)/C(=C/c3ccc(OCc4ccc(I)cc4)c(Br)c3)C2=O)cc1. The summed E-state index contributed by atoms with van der Waals surface area (Å²) < 4.78 is 7.73. The van der Waals surface area contributed by atoms with Crippen LogP contribution in [0.4, 0.5) is 10.5 Å². The van der Waals surface area contributed by atoms with Gasteiger partial charge in [0.1, 0.15) is 17.9 Å². The first-order valence-electron chi connectivity index (χ1n) is 11.2. The van der Waals surface area contributed by atoms with Gasteiger partial charge in [0.15, 0.2) is 0 Å². The molecule has 3 aromatic carbocycles. The van der Waals surface area contributed by atoms with Crippen LogP contribution in [0.25, 0.3) is 6.08 Å². The lowest BCUT2D eigenvalue weighted by Gasteiger charge is -2.27. The molecule has 184 valence electrons. The number of ether oxygens (including phenoxy) is 1. The van der Waals surface area contributed by atoms with Gasteiger partial charge in [-0.15, -0.1) is 0 Å². The number of benzene rings is 3. The van der Waals surface area contributed by atoms with Crippen LogP contribution in [0.3, 0.4) is 0 Å². The Morgan fingerprint density at radius 3 is 2.25 bits per heavy atom. The molecule has 1 fully saturated rings. The predicted octanol–water partition coefficient (Wildman–Crippen LogP) is 6.60. The van der Waals surface area contributed by atoms with E-state index in [0.29, 0.717) is 28.1 Å². The third kappa shape index (κ3) is 5.87. The fourth-order valence-corrected chi connectivity index (χ4v) is 4.51. The van der Waals surface area contributed by atoms with Gasteiger partial charge in [-0.05, 0) is 103 Å². The van der Waals surface area contributed by atoms with Gasteiger partial charge in [-0.2, -0.15) is 0 Å². The van der Waals surface area contributed by atoms with Gasteiger partial charge in [0.05, 0.1) is 10.2 Å². The molecule has 0 radical (unpaired) electrons. The number of urea groups is 1. The van der Waals surface area contributed by atoms with Gasteiger partial charge < -0.3 is 4.74 Å². The highest BCUT2D eigenvalue weighted by atomic mass is 127. The van der Waals surface area contributed by atoms with Crippen molar-refractivity contribution in [2.45, 2.75) is 32.8 Å². The summed E-state index contributed by atoms with van der Waals surface area (Å²) in [5, 5.41) is 2.26. The average Bonchev–Trinajstić information content (AvgIpc) is 2.82. The summed E-state index contributed by atoms with van der Waals surface area (Å²) in [6.45, 7) is 6.65. The summed E-state index contributed by atoms with van der Waals surface area (Å²) in [4.78, 5) is 39.2. The average molecular weight is 659 g/mol. The van der Waals surface area contributed by atoms with Crippen molar-refractivity contribution in [3.63, 3.8) is 0 Å². The molecule has 0 spiro atoms. The second-order valence-electron chi connectivity index (χ2n) is 9.36. The lowest BCUT2D eigenvalue weighted by molar-refractivity contribution is -0.122. The minimum atomic E-state index is -0.772. The van der Waals surface area contributed by atoms with E-state index in [1.807, 2.05) is 36.4 Å². The van der Waals surface area contributed by atoms with Crippen LogP contribution in [-0.2, 0) is 21.6 Å². The smallest absolute Gasteiger partial charge is 0.335 e. The number of anilines is 1. The molecule has 0 aliphatic carbocycles. The molecular weight excluding hydrogens is 635 g/mol. The number of carbonyl (C=O) groups is 3. The molecule has 6 nitrogen and oxygen atoms in total. The zero-order valence-corrected chi connectivity index (χ0v) is 23.7. The van der Waals surface area contributed by atoms with Crippen molar-refractivity contribution in [2.75, 3.05) is 4.90 Å². The van der Waals surface area contributed by atoms with Crippen LogP contribution in [-0.4, -0.2) is 17.8 Å². The van der Waals surface area contributed by atoms with E-state index in [0.717, 1.165) is 19.6 Å². The second-order valence-corrected chi connectivity index (χ2v) is 11.5. The van der Waals surface area contributed by atoms with Crippen LogP contribution in [0.15, 0.2) is 76.8 Å². The van der Waals surface area contributed by atoms with Crippen molar-refractivity contribution in [2.24, 2.45) is 0 Å². The van der Waals surface area contributed by atoms with Crippen LogP contribution >= 0.6 is 38.5 Å². The normalized spacial score (nSPS) is 15.3. The third-order valence-electron chi connectivity index (χ3n) is 5.67. The number of imide groups is 2. The van der Waals surface area contributed by atoms with E-state index < -0.39 is 17.8 Å². The first-order valence-corrected chi connectivity index (χ1v) is 13.1. The standard InChI is InChI=1S/C28H24BrIN2O4/c1-28(2,3)19-7-11-21(12-8-19)32-26(34)22(25(33)31-27(32)35)14-18-6-13-24(23(29)15-18)36-16-17-4-9-20(30)10-5-17/h4-15H,16H2,1-3H3,(H,31,33,35)/b22-14-. The Morgan fingerprint density at radius 2 is 1.64 bits per heavy atom. The molecule has 36 heavy (non-hydrogen) atoms. The zero-order valence-electron chi connectivity index (χ0n) is 20.0. The molecule has 1 N–H and O–H groups in total. The number of carbonyl (C=O) groups excluding carboxylic acids is 3. The number of rotatable bonds is 5. The van der Waals surface area contributed by atoms with Crippen LogP contribution in [0.1, 0.15) is 37.5 Å². The van der Waals surface area contributed by atoms with E-state index in [-0.39, 0.29) is 11.0 Å². The second kappa shape index (κ2) is 10.6. The van der Waals surface area contributed by atoms with Crippen LogP contribution in [0.5, 0.6) is 5.75 Å². The molecule has 1 aliphatic rings. The first kappa shape index (κ1) is 26.1. The fraction of sp³-hybridized carbons (Fsp3) is 0.179. The molecule has 8 heteroatoms. The Hall–Kier alpha value is -2.98. The van der Waals surface area contributed by atoms with Crippen molar-refractivity contribution >= 4 is 68.1 Å². The third-order valence-corrected chi connectivity index (χ3v) is 7.01. The molecule has 1 aliphatic heterocycles. The minimum Gasteiger partial charge on any atom is -0.488 e. The number of barbiturate groups is 1. The van der Waals surface area contributed by atoms with Gasteiger partial charge in [-0.25, -0.2) is 9.69 Å². The van der Waals surface area contributed by atoms with Crippen LogP contribution in [0.2, 0.25) is 0 Å². The van der Waals surface area contributed by atoms with Crippen molar-refractivity contribution in [1.82, 2.24) is 5.32 Å². The summed E-state index contributed by atoms with van der Waals surface area (Å²) in [6, 6.07) is 19.7. The van der Waals surface area contributed by atoms with Gasteiger partial charge in [0.2, 0.25) is 0 Å². The topological polar surface area (TPSA) is 75.7 Å². The number of nitrogens with one attached hydrogen (secondary N) is 1. The maximum Gasteiger partial charge on any atom is 0.335 e. The van der Waals surface area contributed by atoms with E-state index in [1.165, 1.54) is 6.08 Å². The first-order chi connectivity index (χ1) is 17.0. The van der Waals surface area contributed by atoms with E-state index in [4.69, 9.17) is 4.74 Å². The fourth-order valence-electron chi connectivity index (χ4n) is 3.63. The monoisotopic (exact) mass is 658 g/mol. The van der Waals surface area contributed by atoms with Crippen molar-refractivity contribution in [3.8, 4) is 5.75 Å². The lowest BCUT2D eigenvalue weighted by Crippen LogP contribution is -2.54. The Balaban J connectivity index is 1.55. The van der Waals surface area contributed by atoms with Gasteiger partial charge in [-0.1, -0.05) is 51.1 Å². The quantitative estimate of drug-likeness (QED) is 0.191. The molecule has 1 heterocycles. The molecular formula is C28H24BrIN2O4. The summed E-state index contributed by atoms with van der Waals surface area (Å²) in [5.41, 5.74) is 2.91. The predicted molar refractivity (Wildman–Crippen MR) is 152 cm³/mol. The van der Waals surface area contributed by atoms with Gasteiger partial charge in [-0.3, -0.25) is 14.9 Å². The van der Waals surface area contributed by atoms with Crippen LogP contribution in [0, 0.1) is 3.57 Å². The van der Waals surface area contributed by atoms with Crippen molar-refractivity contribution < 1.29 is 19.1 Å². The van der Waals surface area contributed by atoms with Crippen molar-refractivity contribution in [1.29, 1.82) is 0 Å². The summed E-state index contributed by atoms with van der Waals surface area (Å²) in [5.74, 6) is -0.781. The molecule has 4 rings (SSSR count). The highest BCUT2D eigenvalue weighted by Gasteiger charge is 2.37. The van der Waals surface area contributed by atoms with Crippen LogP contribution < -0.4 is 15.0 Å². The Morgan fingerprint density at radius 1 is 0.972 bits per heavy atom. The number of hydrogen-bond acceptors (Lipinski definition) is 4. The van der Waals surface area contributed by atoms with E-state index in [9.17, 15) is 14.4 Å².